The predicted octanol–water partition coefficient (Wildman–Crippen LogP) is 2.38. The van der Waals surface area contributed by atoms with Gasteiger partial charge in [0.1, 0.15) is 0 Å². The molecule has 31 heavy (non-hydrogen) atoms. The predicted molar refractivity (Wildman–Crippen MR) is 118 cm³/mol. The summed E-state index contributed by atoms with van der Waals surface area (Å²) < 4.78 is 0. The Morgan fingerprint density at radius 1 is 1.26 bits per heavy atom. The molecule has 1 saturated carbocycles. The van der Waals surface area contributed by atoms with E-state index >= 15 is 0 Å². The van der Waals surface area contributed by atoms with Crippen molar-refractivity contribution in [1.82, 2.24) is 20.1 Å². The van der Waals surface area contributed by atoms with Crippen molar-refractivity contribution in [3.8, 4) is 0 Å². The summed E-state index contributed by atoms with van der Waals surface area (Å²) in [5.41, 5.74) is 2.27. The van der Waals surface area contributed by atoms with Gasteiger partial charge in [0.25, 0.3) is 12.9 Å². The lowest BCUT2D eigenvalue weighted by Crippen LogP contribution is -2.52. The summed E-state index contributed by atoms with van der Waals surface area (Å²) >= 11 is 0. The minimum absolute atomic E-state index is 0.0178. The van der Waals surface area contributed by atoms with E-state index < -0.39 is 0 Å². The fraction of sp³-hybridized carbons (Fsp3) is 0.636. The lowest BCUT2D eigenvalue weighted by molar-refractivity contribution is -0.123. The second-order valence-corrected chi connectivity index (χ2v) is 8.25. The summed E-state index contributed by atoms with van der Waals surface area (Å²) in [6.07, 6.45) is 8.78. The minimum Gasteiger partial charge on any atom is -0.483 e. The molecular formula is C22H36N4O5. The maximum atomic E-state index is 12.7. The van der Waals surface area contributed by atoms with Crippen LogP contribution >= 0.6 is 0 Å². The third-order valence-electron chi connectivity index (χ3n) is 5.66. The fourth-order valence-corrected chi connectivity index (χ4v) is 3.68. The van der Waals surface area contributed by atoms with Crippen molar-refractivity contribution in [3.05, 3.63) is 29.6 Å². The molecule has 0 aromatic carbocycles. The summed E-state index contributed by atoms with van der Waals surface area (Å²) in [5, 5.41) is 17.1. The molecule has 2 aliphatic rings. The maximum Gasteiger partial charge on any atom is 0.317 e. The molecule has 3 rings (SSSR count). The van der Waals surface area contributed by atoms with Crippen molar-refractivity contribution in [1.29, 1.82) is 0 Å². The van der Waals surface area contributed by atoms with Gasteiger partial charge in [-0.3, -0.25) is 14.6 Å². The van der Waals surface area contributed by atoms with Gasteiger partial charge < -0.3 is 25.3 Å². The van der Waals surface area contributed by atoms with Gasteiger partial charge in [-0.2, -0.15) is 0 Å². The number of rotatable bonds is 6. The topological polar surface area (TPSA) is 123 Å². The zero-order valence-electron chi connectivity index (χ0n) is 18.8. The number of hydrogen-bond donors (Lipinski definition) is 3. The summed E-state index contributed by atoms with van der Waals surface area (Å²) in [4.78, 5) is 38.2. The average molecular weight is 437 g/mol. The molecule has 1 unspecified atom stereocenters. The van der Waals surface area contributed by atoms with Crippen LogP contribution in [0.4, 0.5) is 4.79 Å². The number of amides is 2. The van der Waals surface area contributed by atoms with E-state index in [1.165, 1.54) is 37.9 Å². The van der Waals surface area contributed by atoms with Crippen LogP contribution in [-0.2, 0) is 16.0 Å². The molecule has 9 heteroatoms. The number of carboxylic acid groups (broad SMARTS) is 2. The van der Waals surface area contributed by atoms with Crippen LogP contribution in [0.15, 0.2) is 18.3 Å². The quantitative estimate of drug-likeness (QED) is 0.585. The van der Waals surface area contributed by atoms with Gasteiger partial charge in [0, 0.05) is 37.9 Å². The molecule has 2 heterocycles. The number of pyridine rings is 1. The largest absolute Gasteiger partial charge is 0.483 e. The number of carbonyl (C=O) groups is 3. The van der Waals surface area contributed by atoms with Crippen LogP contribution in [0, 0.1) is 6.92 Å². The molecule has 1 aliphatic heterocycles. The van der Waals surface area contributed by atoms with E-state index in [-0.39, 0.29) is 30.6 Å². The molecule has 174 valence electrons. The van der Waals surface area contributed by atoms with Crippen LogP contribution < -0.4 is 5.32 Å². The normalized spacial score (nSPS) is 17.5. The lowest BCUT2D eigenvalue weighted by atomic mass is 10.1. The van der Waals surface area contributed by atoms with Gasteiger partial charge in [-0.25, -0.2) is 4.79 Å². The Balaban J connectivity index is 0.000000720. The highest BCUT2D eigenvalue weighted by atomic mass is 16.3. The maximum absolute atomic E-state index is 12.7. The third-order valence-corrected chi connectivity index (χ3v) is 5.66. The third kappa shape index (κ3) is 9.78. The molecule has 1 aromatic heterocycles. The lowest BCUT2D eigenvalue weighted by Gasteiger charge is -2.33. The number of nitrogens with one attached hydrogen (secondary N) is 1. The van der Waals surface area contributed by atoms with Crippen molar-refractivity contribution < 1.29 is 24.6 Å². The first-order valence-electron chi connectivity index (χ1n) is 10.7. The summed E-state index contributed by atoms with van der Waals surface area (Å²) in [6, 6.07) is 4.28. The van der Waals surface area contributed by atoms with E-state index in [2.05, 4.69) is 35.1 Å². The van der Waals surface area contributed by atoms with Gasteiger partial charge in [0.05, 0.1) is 5.54 Å². The fourth-order valence-electron chi connectivity index (χ4n) is 3.68. The zero-order chi connectivity index (χ0) is 23.3. The second-order valence-electron chi connectivity index (χ2n) is 8.25. The van der Waals surface area contributed by atoms with E-state index in [0.29, 0.717) is 0 Å². The molecule has 0 bridgehead atoms. The van der Waals surface area contributed by atoms with Crippen molar-refractivity contribution in [2.75, 3.05) is 26.7 Å². The van der Waals surface area contributed by atoms with E-state index in [4.69, 9.17) is 19.8 Å². The highest BCUT2D eigenvalue weighted by Gasteiger charge is 2.46. The molecule has 1 aromatic rings. The van der Waals surface area contributed by atoms with Gasteiger partial charge in [0.15, 0.2) is 0 Å². The molecule has 1 atom stereocenters. The van der Waals surface area contributed by atoms with Crippen LogP contribution in [-0.4, -0.2) is 82.2 Å². The van der Waals surface area contributed by atoms with Crippen molar-refractivity contribution in [2.45, 2.75) is 64.0 Å². The highest BCUT2D eigenvalue weighted by molar-refractivity contribution is 5.75. The van der Waals surface area contributed by atoms with E-state index in [0.717, 1.165) is 31.5 Å². The van der Waals surface area contributed by atoms with Crippen LogP contribution in [0.3, 0.4) is 0 Å². The van der Waals surface area contributed by atoms with Gasteiger partial charge in [-0.1, -0.05) is 6.42 Å². The zero-order valence-corrected chi connectivity index (χ0v) is 18.8. The Bertz CT molecular complexity index is 684. The first-order valence-corrected chi connectivity index (χ1v) is 10.7. The number of urea groups is 1. The first-order chi connectivity index (χ1) is 14.8. The van der Waals surface area contributed by atoms with Crippen LogP contribution in [0.2, 0.25) is 0 Å². The Kier molecular flexibility index (Phi) is 11.6. The number of hydrogen-bond acceptors (Lipinski definition) is 5. The molecule has 1 saturated heterocycles. The van der Waals surface area contributed by atoms with Gasteiger partial charge in [0.2, 0.25) is 0 Å². The van der Waals surface area contributed by atoms with Crippen molar-refractivity contribution in [2.24, 2.45) is 0 Å². The van der Waals surface area contributed by atoms with Crippen LogP contribution in [0.5, 0.6) is 0 Å². The molecule has 0 radical (unpaired) electrons. The molecule has 3 N–H and O–H groups in total. The van der Waals surface area contributed by atoms with Gasteiger partial charge >= 0.3 is 6.03 Å². The van der Waals surface area contributed by atoms with Crippen molar-refractivity contribution >= 4 is 19.0 Å². The number of piperidine rings is 1. The van der Waals surface area contributed by atoms with E-state index in [9.17, 15) is 4.79 Å². The van der Waals surface area contributed by atoms with Gasteiger partial charge in [-0.15, -0.1) is 0 Å². The standard InChI is InChI=1S/C20H32N4O.2CH2O2/c1-16-7-10-21-18(13-16)14-17(2)23(3)19(25)22-20(8-9-20)15-24-11-5-4-6-12-24;2*2-1-3/h7,10,13,17H,4-6,8-9,11-12,14-15H2,1-3H3,(H,22,25);2*1H,(H,2,3). The summed E-state index contributed by atoms with van der Waals surface area (Å²) in [7, 11) is 1.90. The van der Waals surface area contributed by atoms with E-state index in [1.807, 2.05) is 24.2 Å². The number of aromatic nitrogens is 1. The number of likely N-dealkylation sites (N-methyl/N-ethyl adjacent to an activating group) is 1. The van der Waals surface area contributed by atoms with E-state index in [1.54, 1.807) is 0 Å². The monoisotopic (exact) mass is 436 g/mol. The van der Waals surface area contributed by atoms with Crippen LogP contribution in [0.1, 0.15) is 50.3 Å². The highest BCUT2D eigenvalue weighted by Crippen LogP contribution is 2.37. The first kappa shape index (κ1) is 26.4. The molecular weight excluding hydrogens is 400 g/mol. The smallest absolute Gasteiger partial charge is 0.317 e. The Labute approximate surface area is 184 Å². The Hall–Kier alpha value is -2.68. The molecule has 9 nitrogen and oxygen atoms in total. The molecule has 2 amide bonds. The molecule has 2 fully saturated rings. The number of likely N-dealkylation sites (tertiary alicyclic amines) is 1. The van der Waals surface area contributed by atoms with Crippen LogP contribution in [0.25, 0.3) is 0 Å². The molecule has 1 aliphatic carbocycles. The van der Waals surface area contributed by atoms with Gasteiger partial charge in [-0.05, 0) is 70.3 Å². The Morgan fingerprint density at radius 3 is 2.35 bits per heavy atom. The number of carbonyl (C=O) groups excluding carboxylic acids is 1. The second kappa shape index (κ2) is 13.6. The average Bonchev–Trinajstić information content (AvgIpc) is 3.48. The SMILES string of the molecule is Cc1ccnc(CC(C)N(C)C(=O)NC2(CN3CCCCC3)CC2)c1.O=CO.O=CO. The minimum atomic E-state index is -0.250. The summed E-state index contributed by atoms with van der Waals surface area (Å²) in [5.74, 6) is 0. The molecule has 0 spiro atoms. The number of aryl methyl sites for hydroxylation is 1. The summed E-state index contributed by atoms with van der Waals surface area (Å²) in [6.45, 7) is 7.05. The van der Waals surface area contributed by atoms with Crippen molar-refractivity contribution in [3.63, 3.8) is 0 Å². The Morgan fingerprint density at radius 2 is 1.84 bits per heavy atom. The number of nitrogens with zero attached hydrogens (tertiary/aromatic N) is 3.